The van der Waals surface area contributed by atoms with Gasteiger partial charge in [-0.2, -0.15) is 0 Å². The third-order valence-corrected chi connectivity index (χ3v) is 3.07. The summed E-state index contributed by atoms with van der Waals surface area (Å²) in [5.74, 6) is -0.329. The maximum absolute atomic E-state index is 11.0. The van der Waals surface area contributed by atoms with Crippen molar-refractivity contribution >= 4 is 11.6 Å². The first-order valence-electron chi connectivity index (χ1n) is 6.77. The molecule has 6 heteroatoms. The summed E-state index contributed by atoms with van der Waals surface area (Å²) in [6.07, 6.45) is 2.83. The number of amides is 1. The van der Waals surface area contributed by atoms with Crippen molar-refractivity contribution in [3.8, 4) is 0 Å². The topological polar surface area (TPSA) is 89.5 Å². The van der Waals surface area contributed by atoms with E-state index in [4.69, 9.17) is 5.73 Å². The van der Waals surface area contributed by atoms with Crippen molar-refractivity contribution < 1.29 is 9.72 Å². The molecule has 0 heterocycles. The van der Waals surface area contributed by atoms with Gasteiger partial charge >= 0.3 is 0 Å². The molecular formula is C14H21N3O3. The Balaban J connectivity index is 2.52. The molecule has 20 heavy (non-hydrogen) atoms. The van der Waals surface area contributed by atoms with Crippen LogP contribution in [0.3, 0.4) is 0 Å². The van der Waals surface area contributed by atoms with Gasteiger partial charge in [0.1, 0.15) is 0 Å². The standard InChI is InChI=1S/C14H21N3O3/c1-2-3-9-16(11-14(15)18)10-8-12-4-6-13(7-5-12)17(19)20/h4-7H,2-3,8-11H2,1H3,(H2,15,18). The summed E-state index contributed by atoms with van der Waals surface area (Å²) in [7, 11) is 0. The molecular weight excluding hydrogens is 258 g/mol. The lowest BCUT2D eigenvalue weighted by Crippen LogP contribution is -2.35. The number of hydrogen-bond donors (Lipinski definition) is 1. The van der Waals surface area contributed by atoms with Crippen molar-refractivity contribution in [3.05, 3.63) is 39.9 Å². The Kier molecular flexibility index (Phi) is 6.66. The van der Waals surface area contributed by atoms with Crippen molar-refractivity contribution in [2.45, 2.75) is 26.2 Å². The number of nitrogens with zero attached hydrogens (tertiary/aromatic N) is 2. The van der Waals surface area contributed by atoms with Crippen LogP contribution >= 0.6 is 0 Å². The molecule has 0 fully saturated rings. The zero-order chi connectivity index (χ0) is 15.0. The van der Waals surface area contributed by atoms with Crippen LogP contribution in [0, 0.1) is 10.1 Å². The summed E-state index contributed by atoms with van der Waals surface area (Å²) in [5, 5.41) is 10.6. The first-order valence-corrected chi connectivity index (χ1v) is 6.77. The van der Waals surface area contributed by atoms with Crippen molar-refractivity contribution in [3.63, 3.8) is 0 Å². The largest absolute Gasteiger partial charge is 0.369 e. The Morgan fingerprint density at radius 1 is 1.30 bits per heavy atom. The number of carbonyl (C=O) groups excluding carboxylic acids is 1. The molecule has 0 radical (unpaired) electrons. The number of non-ortho nitro benzene ring substituents is 1. The maximum atomic E-state index is 11.0. The number of unbranched alkanes of at least 4 members (excludes halogenated alkanes) is 1. The molecule has 0 aliphatic carbocycles. The van der Waals surface area contributed by atoms with Crippen molar-refractivity contribution in [1.29, 1.82) is 0 Å². The molecule has 2 N–H and O–H groups in total. The second-order valence-electron chi connectivity index (χ2n) is 4.77. The second-order valence-corrected chi connectivity index (χ2v) is 4.77. The predicted molar refractivity (Wildman–Crippen MR) is 77.3 cm³/mol. The molecule has 1 amide bonds. The molecule has 0 saturated carbocycles. The molecule has 1 aromatic carbocycles. The quantitative estimate of drug-likeness (QED) is 0.550. The van der Waals surface area contributed by atoms with Crippen LogP contribution in [0.1, 0.15) is 25.3 Å². The molecule has 0 aliphatic rings. The van der Waals surface area contributed by atoms with Crippen LogP contribution in [0.4, 0.5) is 5.69 Å². The fraction of sp³-hybridized carbons (Fsp3) is 0.500. The number of benzene rings is 1. The van der Waals surface area contributed by atoms with E-state index in [1.54, 1.807) is 12.1 Å². The number of carbonyl (C=O) groups is 1. The minimum absolute atomic E-state index is 0.0914. The lowest BCUT2D eigenvalue weighted by atomic mass is 10.1. The molecule has 0 atom stereocenters. The van der Waals surface area contributed by atoms with Gasteiger partial charge in [0.05, 0.1) is 11.5 Å². The van der Waals surface area contributed by atoms with Crippen molar-refractivity contribution in [2.75, 3.05) is 19.6 Å². The van der Waals surface area contributed by atoms with Gasteiger partial charge in [-0.25, -0.2) is 0 Å². The summed E-state index contributed by atoms with van der Waals surface area (Å²) >= 11 is 0. The summed E-state index contributed by atoms with van der Waals surface area (Å²) in [5.41, 5.74) is 6.34. The van der Waals surface area contributed by atoms with E-state index in [0.717, 1.165) is 37.9 Å². The van der Waals surface area contributed by atoms with Gasteiger partial charge in [-0.15, -0.1) is 0 Å². The minimum Gasteiger partial charge on any atom is -0.369 e. The fourth-order valence-electron chi connectivity index (χ4n) is 1.94. The van der Waals surface area contributed by atoms with Crippen LogP contribution in [0.25, 0.3) is 0 Å². The second kappa shape index (κ2) is 8.27. The molecule has 0 spiro atoms. The molecule has 0 saturated heterocycles. The highest BCUT2D eigenvalue weighted by Crippen LogP contribution is 2.12. The van der Waals surface area contributed by atoms with Gasteiger partial charge in [-0.3, -0.25) is 19.8 Å². The van der Waals surface area contributed by atoms with E-state index in [1.807, 2.05) is 4.90 Å². The molecule has 0 bridgehead atoms. The van der Waals surface area contributed by atoms with Crippen LogP contribution in [0.15, 0.2) is 24.3 Å². The lowest BCUT2D eigenvalue weighted by molar-refractivity contribution is -0.384. The Morgan fingerprint density at radius 3 is 2.45 bits per heavy atom. The van der Waals surface area contributed by atoms with Gasteiger partial charge < -0.3 is 5.73 Å². The number of nitrogens with two attached hydrogens (primary N) is 1. The summed E-state index contributed by atoms with van der Waals surface area (Å²) < 4.78 is 0. The molecule has 110 valence electrons. The molecule has 0 aliphatic heterocycles. The average molecular weight is 279 g/mol. The number of primary amides is 1. The van der Waals surface area contributed by atoms with Gasteiger partial charge in [0.15, 0.2) is 0 Å². The maximum Gasteiger partial charge on any atom is 0.269 e. The average Bonchev–Trinajstić information content (AvgIpc) is 2.41. The monoisotopic (exact) mass is 279 g/mol. The van der Waals surface area contributed by atoms with E-state index in [9.17, 15) is 14.9 Å². The molecule has 0 unspecified atom stereocenters. The van der Waals surface area contributed by atoms with Crippen molar-refractivity contribution in [1.82, 2.24) is 4.90 Å². The van der Waals surface area contributed by atoms with Crippen LogP contribution in [0.2, 0.25) is 0 Å². The predicted octanol–water partition coefficient (Wildman–Crippen LogP) is 1.72. The molecule has 6 nitrogen and oxygen atoms in total. The van der Waals surface area contributed by atoms with E-state index >= 15 is 0 Å². The summed E-state index contributed by atoms with van der Waals surface area (Å²) in [6, 6.07) is 6.50. The first kappa shape index (κ1) is 16.1. The Morgan fingerprint density at radius 2 is 1.95 bits per heavy atom. The van der Waals surface area contributed by atoms with E-state index < -0.39 is 4.92 Å². The highest BCUT2D eigenvalue weighted by atomic mass is 16.6. The lowest BCUT2D eigenvalue weighted by Gasteiger charge is -2.20. The Labute approximate surface area is 118 Å². The Bertz CT molecular complexity index is 445. The first-order chi connectivity index (χ1) is 9.52. The SMILES string of the molecule is CCCCN(CCc1ccc([N+](=O)[O-])cc1)CC(N)=O. The van der Waals surface area contributed by atoms with Gasteiger partial charge in [0.25, 0.3) is 5.69 Å². The van der Waals surface area contributed by atoms with Gasteiger partial charge in [-0.05, 0) is 24.9 Å². The number of nitro groups is 1. The van der Waals surface area contributed by atoms with Crippen LogP contribution < -0.4 is 5.73 Å². The Hall–Kier alpha value is -1.95. The molecule has 1 rings (SSSR count). The minimum atomic E-state index is -0.412. The zero-order valence-electron chi connectivity index (χ0n) is 11.7. The smallest absolute Gasteiger partial charge is 0.269 e. The van der Waals surface area contributed by atoms with Crippen LogP contribution in [-0.4, -0.2) is 35.4 Å². The summed E-state index contributed by atoms with van der Waals surface area (Å²) in [6.45, 7) is 3.92. The number of hydrogen-bond acceptors (Lipinski definition) is 4. The van der Waals surface area contributed by atoms with E-state index in [0.29, 0.717) is 0 Å². The van der Waals surface area contributed by atoms with Crippen LogP contribution in [-0.2, 0) is 11.2 Å². The van der Waals surface area contributed by atoms with Gasteiger partial charge in [0, 0.05) is 18.7 Å². The van der Waals surface area contributed by atoms with E-state index in [1.165, 1.54) is 12.1 Å². The fourth-order valence-corrected chi connectivity index (χ4v) is 1.94. The zero-order valence-corrected chi connectivity index (χ0v) is 11.7. The van der Waals surface area contributed by atoms with Gasteiger partial charge in [-0.1, -0.05) is 25.5 Å². The van der Waals surface area contributed by atoms with Crippen molar-refractivity contribution in [2.24, 2.45) is 5.73 Å². The number of rotatable bonds is 9. The third-order valence-electron chi connectivity index (χ3n) is 3.07. The highest BCUT2D eigenvalue weighted by Gasteiger charge is 2.09. The normalized spacial score (nSPS) is 10.7. The van der Waals surface area contributed by atoms with E-state index in [2.05, 4.69) is 6.92 Å². The van der Waals surface area contributed by atoms with E-state index in [-0.39, 0.29) is 18.1 Å². The number of nitro benzene ring substituents is 1. The third kappa shape index (κ3) is 5.79. The van der Waals surface area contributed by atoms with Crippen LogP contribution in [0.5, 0.6) is 0 Å². The highest BCUT2D eigenvalue weighted by molar-refractivity contribution is 5.75. The molecule has 1 aromatic rings. The van der Waals surface area contributed by atoms with Gasteiger partial charge in [0.2, 0.25) is 5.91 Å². The molecule has 0 aromatic heterocycles. The summed E-state index contributed by atoms with van der Waals surface area (Å²) in [4.78, 5) is 23.2.